The van der Waals surface area contributed by atoms with Crippen molar-refractivity contribution in [3.63, 3.8) is 0 Å². The number of piperidine rings is 1. The van der Waals surface area contributed by atoms with E-state index in [0.29, 0.717) is 12.1 Å². The standard InChI is InChI=1S/C20H35N7.HI/c1-16-6-5-7-19(23-16)27-10-8-17(9-11-27)24-20(21-2)22-14-18-15-25(3)12-13-26(18)4;/h5-7,17-18H,8-15H2,1-4H3,(H2,21,22,24);1H. The van der Waals surface area contributed by atoms with E-state index in [9.17, 15) is 0 Å². The Kier molecular flexibility index (Phi) is 9.23. The van der Waals surface area contributed by atoms with Crippen LogP contribution in [0, 0.1) is 6.92 Å². The van der Waals surface area contributed by atoms with E-state index in [1.165, 1.54) is 0 Å². The van der Waals surface area contributed by atoms with Gasteiger partial charge in [-0.2, -0.15) is 0 Å². The van der Waals surface area contributed by atoms with Crippen molar-refractivity contribution in [2.75, 3.05) is 65.3 Å². The third-order valence-corrected chi connectivity index (χ3v) is 5.74. The fourth-order valence-electron chi connectivity index (χ4n) is 3.88. The van der Waals surface area contributed by atoms with Gasteiger partial charge < -0.3 is 20.4 Å². The summed E-state index contributed by atoms with van der Waals surface area (Å²) in [7, 11) is 6.27. The molecular weight excluding hydrogens is 465 g/mol. The Labute approximate surface area is 187 Å². The number of nitrogens with one attached hydrogen (secondary N) is 2. The average molecular weight is 501 g/mol. The molecule has 1 aromatic heterocycles. The van der Waals surface area contributed by atoms with E-state index in [1.54, 1.807) is 0 Å². The molecule has 0 bridgehead atoms. The Balaban J connectivity index is 0.00000280. The van der Waals surface area contributed by atoms with Gasteiger partial charge >= 0.3 is 0 Å². The van der Waals surface area contributed by atoms with E-state index in [-0.39, 0.29) is 24.0 Å². The predicted molar refractivity (Wildman–Crippen MR) is 128 cm³/mol. The van der Waals surface area contributed by atoms with E-state index >= 15 is 0 Å². The lowest BCUT2D eigenvalue weighted by atomic mass is 10.1. The van der Waals surface area contributed by atoms with Crippen LogP contribution in [0.15, 0.2) is 23.2 Å². The molecule has 28 heavy (non-hydrogen) atoms. The summed E-state index contributed by atoms with van der Waals surface area (Å²) < 4.78 is 0. The molecule has 1 unspecified atom stereocenters. The van der Waals surface area contributed by atoms with E-state index in [4.69, 9.17) is 0 Å². The van der Waals surface area contributed by atoms with E-state index < -0.39 is 0 Å². The number of rotatable bonds is 4. The van der Waals surface area contributed by atoms with Gasteiger partial charge in [0, 0.05) is 64.1 Å². The Morgan fingerprint density at radius 1 is 1.18 bits per heavy atom. The maximum atomic E-state index is 4.65. The second-order valence-electron chi connectivity index (χ2n) is 7.89. The maximum absolute atomic E-state index is 4.65. The van der Waals surface area contributed by atoms with E-state index in [1.807, 2.05) is 7.05 Å². The van der Waals surface area contributed by atoms with Crippen LogP contribution in [-0.4, -0.2) is 93.2 Å². The molecule has 7 nitrogen and oxygen atoms in total. The summed E-state index contributed by atoms with van der Waals surface area (Å²) in [5.41, 5.74) is 1.08. The first kappa shape index (κ1) is 23.2. The van der Waals surface area contributed by atoms with Crippen molar-refractivity contribution in [3.05, 3.63) is 23.9 Å². The van der Waals surface area contributed by atoms with E-state index in [2.05, 4.69) is 74.5 Å². The number of piperazine rings is 1. The van der Waals surface area contributed by atoms with Gasteiger partial charge in [-0.25, -0.2) is 4.98 Å². The smallest absolute Gasteiger partial charge is 0.191 e. The van der Waals surface area contributed by atoms with Crippen LogP contribution in [0.3, 0.4) is 0 Å². The molecule has 0 amide bonds. The van der Waals surface area contributed by atoms with Crippen molar-refractivity contribution in [1.29, 1.82) is 0 Å². The number of anilines is 1. The van der Waals surface area contributed by atoms with Crippen LogP contribution in [0.1, 0.15) is 18.5 Å². The van der Waals surface area contributed by atoms with Gasteiger partial charge in [-0.15, -0.1) is 24.0 Å². The topological polar surface area (TPSA) is 59.0 Å². The summed E-state index contributed by atoms with van der Waals surface area (Å²) in [6.45, 7) is 8.40. The third-order valence-electron chi connectivity index (χ3n) is 5.74. The van der Waals surface area contributed by atoms with Crippen molar-refractivity contribution in [2.24, 2.45) is 4.99 Å². The SMILES string of the molecule is CN=C(NCC1CN(C)CCN1C)NC1CCN(c2cccc(C)n2)CC1.I. The second kappa shape index (κ2) is 11.2. The third kappa shape index (κ3) is 6.45. The Morgan fingerprint density at radius 2 is 1.93 bits per heavy atom. The number of aliphatic imine (C=N–C) groups is 1. The first-order chi connectivity index (χ1) is 13.0. The molecule has 3 heterocycles. The molecule has 3 rings (SSSR count). The predicted octanol–water partition coefficient (Wildman–Crippen LogP) is 1.39. The van der Waals surface area contributed by atoms with Crippen molar-refractivity contribution in [3.8, 4) is 0 Å². The number of aryl methyl sites for hydroxylation is 1. The summed E-state index contributed by atoms with van der Waals surface area (Å²) in [6.07, 6.45) is 2.20. The molecule has 8 heteroatoms. The van der Waals surface area contributed by atoms with Crippen molar-refractivity contribution < 1.29 is 0 Å². The zero-order valence-corrected chi connectivity index (χ0v) is 20.0. The highest BCUT2D eigenvalue weighted by Gasteiger charge is 2.24. The molecule has 158 valence electrons. The highest BCUT2D eigenvalue weighted by Crippen LogP contribution is 2.18. The summed E-state index contributed by atoms with van der Waals surface area (Å²) in [5.74, 6) is 2.02. The molecule has 0 aliphatic carbocycles. The Morgan fingerprint density at radius 3 is 2.61 bits per heavy atom. The number of aromatic nitrogens is 1. The zero-order chi connectivity index (χ0) is 19.2. The van der Waals surface area contributed by atoms with Gasteiger partial charge in [0.05, 0.1) is 0 Å². The molecule has 0 aromatic carbocycles. The molecular formula is C20H36IN7. The summed E-state index contributed by atoms with van der Waals surface area (Å²) in [5, 5.41) is 7.15. The van der Waals surface area contributed by atoms with Crippen LogP contribution in [0.4, 0.5) is 5.82 Å². The maximum Gasteiger partial charge on any atom is 0.191 e. The molecule has 0 spiro atoms. The number of nitrogens with zero attached hydrogens (tertiary/aromatic N) is 5. The highest BCUT2D eigenvalue weighted by atomic mass is 127. The van der Waals surface area contributed by atoms with Crippen LogP contribution in [0.25, 0.3) is 0 Å². The number of hydrogen-bond donors (Lipinski definition) is 2. The minimum atomic E-state index is 0. The zero-order valence-electron chi connectivity index (χ0n) is 17.7. The number of halogens is 1. The Bertz CT molecular complexity index is 631. The van der Waals surface area contributed by atoms with Crippen LogP contribution < -0.4 is 15.5 Å². The summed E-state index contributed by atoms with van der Waals surface area (Å²) >= 11 is 0. The fourth-order valence-corrected chi connectivity index (χ4v) is 3.88. The van der Waals surface area contributed by atoms with Gasteiger partial charge in [0.15, 0.2) is 5.96 Å². The average Bonchev–Trinajstić information content (AvgIpc) is 2.68. The number of guanidine groups is 1. The number of pyridine rings is 1. The molecule has 2 aliphatic heterocycles. The molecule has 0 saturated carbocycles. The van der Waals surface area contributed by atoms with Gasteiger partial charge in [-0.1, -0.05) is 6.07 Å². The van der Waals surface area contributed by atoms with Gasteiger partial charge in [0.2, 0.25) is 0 Å². The monoisotopic (exact) mass is 501 g/mol. The quantitative estimate of drug-likeness (QED) is 0.370. The van der Waals surface area contributed by atoms with E-state index in [0.717, 1.165) is 69.6 Å². The Hall–Kier alpha value is -1.13. The summed E-state index contributed by atoms with van der Waals surface area (Å²) in [6, 6.07) is 7.24. The van der Waals surface area contributed by atoms with Crippen LogP contribution >= 0.6 is 24.0 Å². The molecule has 1 aromatic rings. The molecule has 1 atom stereocenters. The largest absolute Gasteiger partial charge is 0.356 e. The normalized spacial score (nSPS) is 22.6. The van der Waals surface area contributed by atoms with Crippen molar-refractivity contribution in [2.45, 2.75) is 31.8 Å². The molecule has 2 saturated heterocycles. The van der Waals surface area contributed by atoms with Gasteiger partial charge in [0.25, 0.3) is 0 Å². The van der Waals surface area contributed by atoms with Crippen molar-refractivity contribution >= 4 is 35.8 Å². The lowest BCUT2D eigenvalue weighted by Crippen LogP contribution is -2.56. The first-order valence-corrected chi connectivity index (χ1v) is 10.1. The number of likely N-dealkylation sites (N-methyl/N-ethyl adjacent to an activating group) is 2. The van der Waals surface area contributed by atoms with Crippen LogP contribution in [0.2, 0.25) is 0 Å². The van der Waals surface area contributed by atoms with Crippen LogP contribution in [-0.2, 0) is 0 Å². The lowest BCUT2D eigenvalue weighted by molar-refractivity contribution is 0.116. The van der Waals surface area contributed by atoms with Gasteiger partial charge in [-0.05, 0) is 46.0 Å². The van der Waals surface area contributed by atoms with Gasteiger partial charge in [0.1, 0.15) is 5.82 Å². The molecule has 2 aliphatic rings. The molecule has 2 fully saturated rings. The molecule has 0 radical (unpaired) electrons. The fraction of sp³-hybridized carbons (Fsp3) is 0.700. The second-order valence-corrected chi connectivity index (χ2v) is 7.89. The minimum Gasteiger partial charge on any atom is -0.356 e. The first-order valence-electron chi connectivity index (χ1n) is 10.1. The van der Waals surface area contributed by atoms with Gasteiger partial charge in [-0.3, -0.25) is 9.89 Å². The van der Waals surface area contributed by atoms with Crippen LogP contribution in [0.5, 0.6) is 0 Å². The number of hydrogen-bond acceptors (Lipinski definition) is 5. The highest BCUT2D eigenvalue weighted by molar-refractivity contribution is 14.0. The summed E-state index contributed by atoms with van der Waals surface area (Å²) in [4.78, 5) is 16.3. The van der Waals surface area contributed by atoms with Crippen molar-refractivity contribution in [1.82, 2.24) is 25.4 Å². The minimum absolute atomic E-state index is 0. The lowest BCUT2D eigenvalue weighted by Gasteiger charge is -2.38. The molecule has 2 N–H and O–H groups in total.